The first kappa shape index (κ1) is 26.3. The second kappa shape index (κ2) is 9.97. The molecule has 3 aromatic carbocycles. The molecule has 0 saturated heterocycles. The highest BCUT2D eigenvalue weighted by Crippen LogP contribution is 2.54. The van der Waals surface area contributed by atoms with Crippen LogP contribution in [0.5, 0.6) is 11.5 Å². The predicted octanol–water partition coefficient (Wildman–Crippen LogP) is 8.04. The fourth-order valence-corrected chi connectivity index (χ4v) is 5.21. The highest BCUT2D eigenvalue weighted by atomic mass is 35.5. The molecule has 1 aliphatic heterocycles. The van der Waals surface area contributed by atoms with E-state index in [-0.39, 0.29) is 6.10 Å². The molecule has 0 aromatic heterocycles. The van der Waals surface area contributed by atoms with Crippen LogP contribution in [-0.2, 0) is 11.1 Å². The van der Waals surface area contributed by atoms with Gasteiger partial charge in [0.25, 0.3) is 0 Å². The summed E-state index contributed by atoms with van der Waals surface area (Å²) >= 11 is 18.8. The average Bonchev–Trinajstić information content (AvgIpc) is 3.08. The van der Waals surface area contributed by atoms with Crippen LogP contribution in [0, 0.1) is 0 Å². The van der Waals surface area contributed by atoms with Crippen LogP contribution in [0.2, 0.25) is 10.0 Å². The molecule has 2 atom stereocenters. The van der Waals surface area contributed by atoms with Crippen molar-refractivity contribution in [3.8, 4) is 11.5 Å². The van der Waals surface area contributed by atoms with Gasteiger partial charge in [0.15, 0.2) is 0 Å². The molecule has 0 radical (unpaired) electrons. The quantitative estimate of drug-likeness (QED) is 0.233. The fourth-order valence-electron chi connectivity index (χ4n) is 4.71. The van der Waals surface area contributed by atoms with Crippen LogP contribution in [0.4, 0.5) is 4.79 Å². The summed E-state index contributed by atoms with van der Waals surface area (Å²) in [4.78, 5) is 20.0. The number of aliphatic imine (C=N–C) groups is 1. The molecule has 0 N–H and O–H groups in total. The standard InChI is InChI=1S/C28H27Cl3N2O3/c1-17(2)36-24-16-22(35-5)14-15-23(24)25-32-27(3,18-6-10-20(29)11-7-18)28(4,33(25)26(31)34)19-8-12-21(30)13-9-19/h6-17H,1-5H3/t27-,28+/m0/s1. The molecular weight excluding hydrogens is 519 g/mol. The van der Waals surface area contributed by atoms with E-state index in [0.29, 0.717) is 32.9 Å². The van der Waals surface area contributed by atoms with E-state index in [2.05, 4.69) is 0 Å². The minimum absolute atomic E-state index is 0.122. The number of hydrogen-bond acceptors (Lipinski definition) is 4. The van der Waals surface area contributed by atoms with Crippen molar-refractivity contribution in [1.82, 2.24) is 4.90 Å². The van der Waals surface area contributed by atoms with Crippen LogP contribution in [0.25, 0.3) is 0 Å². The molecule has 5 nitrogen and oxygen atoms in total. The Morgan fingerprint density at radius 1 is 0.917 bits per heavy atom. The maximum Gasteiger partial charge on any atom is 0.322 e. The van der Waals surface area contributed by atoms with E-state index in [0.717, 1.165) is 11.1 Å². The second-order valence-electron chi connectivity index (χ2n) is 9.21. The third-order valence-electron chi connectivity index (χ3n) is 6.72. The highest BCUT2D eigenvalue weighted by Gasteiger charge is 2.59. The van der Waals surface area contributed by atoms with E-state index in [4.69, 9.17) is 49.3 Å². The van der Waals surface area contributed by atoms with E-state index in [1.807, 2.05) is 70.2 Å². The van der Waals surface area contributed by atoms with Gasteiger partial charge in [0.05, 0.1) is 18.8 Å². The van der Waals surface area contributed by atoms with Gasteiger partial charge >= 0.3 is 5.37 Å². The van der Waals surface area contributed by atoms with Gasteiger partial charge in [-0.15, -0.1) is 0 Å². The van der Waals surface area contributed by atoms with Crippen LogP contribution >= 0.6 is 34.8 Å². The number of ether oxygens (including phenoxy) is 2. The average molecular weight is 546 g/mol. The zero-order valence-electron chi connectivity index (χ0n) is 20.7. The first-order chi connectivity index (χ1) is 17.0. The molecule has 1 aliphatic rings. The molecule has 0 aliphatic carbocycles. The Morgan fingerprint density at radius 3 is 1.97 bits per heavy atom. The number of nitrogens with zero attached hydrogens (tertiary/aromatic N) is 2. The first-order valence-electron chi connectivity index (χ1n) is 11.5. The lowest BCUT2D eigenvalue weighted by Gasteiger charge is -2.44. The van der Waals surface area contributed by atoms with E-state index in [9.17, 15) is 4.79 Å². The van der Waals surface area contributed by atoms with Crippen LogP contribution in [0.15, 0.2) is 71.7 Å². The number of carbonyl (C=O) groups is 1. The Hall–Kier alpha value is -2.73. The maximum absolute atomic E-state index is 13.2. The molecule has 0 spiro atoms. The Kier molecular flexibility index (Phi) is 7.29. The lowest BCUT2D eigenvalue weighted by Crippen LogP contribution is -2.53. The third-order valence-corrected chi connectivity index (χ3v) is 7.39. The zero-order valence-corrected chi connectivity index (χ0v) is 22.9. The largest absolute Gasteiger partial charge is 0.497 e. The third kappa shape index (κ3) is 4.45. The van der Waals surface area contributed by atoms with Gasteiger partial charge in [-0.1, -0.05) is 47.5 Å². The molecule has 188 valence electrons. The molecule has 8 heteroatoms. The number of halogens is 3. The van der Waals surface area contributed by atoms with Crippen molar-refractivity contribution in [3.05, 3.63) is 93.5 Å². The smallest absolute Gasteiger partial charge is 0.322 e. The van der Waals surface area contributed by atoms with Gasteiger partial charge in [0, 0.05) is 16.1 Å². The summed E-state index contributed by atoms with van der Waals surface area (Å²) in [5, 5.41) is 0.516. The van der Waals surface area contributed by atoms with Crippen LogP contribution in [-0.4, -0.2) is 29.3 Å². The molecule has 0 fully saturated rings. The van der Waals surface area contributed by atoms with Crippen molar-refractivity contribution < 1.29 is 14.3 Å². The fraction of sp³-hybridized carbons (Fsp3) is 0.286. The minimum Gasteiger partial charge on any atom is -0.497 e. The van der Waals surface area contributed by atoms with Crippen LogP contribution in [0.1, 0.15) is 44.4 Å². The van der Waals surface area contributed by atoms with Gasteiger partial charge in [-0.05, 0) is 86.8 Å². The number of carbonyl (C=O) groups excluding carboxylic acids is 1. The minimum atomic E-state index is -1.02. The summed E-state index contributed by atoms with van der Waals surface area (Å²) in [6.45, 7) is 7.80. The number of amidine groups is 1. The van der Waals surface area contributed by atoms with E-state index < -0.39 is 16.4 Å². The van der Waals surface area contributed by atoms with Crippen LogP contribution in [0.3, 0.4) is 0 Å². The molecule has 4 rings (SSSR count). The van der Waals surface area contributed by atoms with Crippen molar-refractivity contribution in [3.63, 3.8) is 0 Å². The summed E-state index contributed by atoms with van der Waals surface area (Å²) in [6.07, 6.45) is -0.122. The Morgan fingerprint density at radius 2 is 1.47 bits per heavy atom. The van der Waals surface area contributed by atoms with Gasteiger partial charge in [-0.25, -0.2) is 0 Å². The van der Waals surface area contributed by atoms with Crippen molar-refractivity contribution in [2.75, 3.05) is 7.11 Å². The molecule has 3 aromatic rings. The number of amides is 1. The highest BCUT2D eigenvalue weighted by molar-refractivity contribution is 6.64. The second-order valence-corrected chi connectivity index (χ2v) is 10.4. The zero-order chi connectivity index (χ0) is 26.3. The number of hydrogen-bond donors (Lipinski definition) is 0. The molecule has 1 amide bonds. The van der Waals surface area contributed by atoms with E-state index in [1.54, 1.807) is 31.4 Å². The van der Waals surface area contributed by atoms with Gasteiger partial charge in [0.1, 0.15) is 28.4 Å². The molecule has 1 heterocycles. The SMILES string of the molecule is COc1ccc(C2=N[C@@](C)(c3ccc(Cl)cc3)[C@@](C)(c3ccc(Cl)cc3)N2C(=O)Cl)c(OC(C)C)c1. The van der Waals surface area contributed by atoms with E-state index in [1.165, 1.54) is 4.90 Å². The molecule has 0 saturated carbocycles. The van der Waals surface area contributed by atoms with Crippen molar-refractivity contribution >= 4 is 46.0 Å². The predicted molar refractivity (Wildman–Crippen MR) is 146 cm³/mol. The molecular formula is C28H27Cl3N2O3. The Bertz CT molecular complexity index is 1310. The lowest BCUT2D eigenvalue weighted by atomic mass is 9.71. The summed E-state index contributed by atoms with van der Waals surface area (Å²) in [7, 11) is 1.59. The van der Waals surface area contributed by atoms with Crippen LogP contribution < -0.4 is 9.47 Å². The molecule has 36 heavy (non-hydrogen) atoms. The number of rotatable bonds is 6. The van der Waals surface area contributed by atoms with Gasteiger partial charge in [-0.2, -0.15) is 0 Å². The van der Waals surface area contributed by atoms with Gasteiger partial charge in [-0.3, -0.25) is 14.7 Å². The normalized spacial score (nSPS) is 21.5. The number of methoxy groups -OCH3 is 1. The van der Waals surface area contributed by atoms with Crippen molar-refractivity contribution in [2.24, 2.45) is 4.99 Å². The molecule has 0 unspecified atom stereocenters. The van der Waals surface area contributed by atoms with Gasteiger partial charge < -0.3 is 9.47 Å². The Balaban J connectivity index is 2.03. The Labute approximate surface area is 226 Å². The first-order valence-corrected chi connectivity index (χ1v) is 12.6. The lowest BCUT2D eigenvalue weighted by molar-refractivity contribution is 0.149. The topological polar surface area (TPSA) is 51.1 Å². The van der Waals surface area contributed by atoms with Crippen molar-refractivity contribution in [2.45, 2.75) is 44.9 Å². The molecule has 0 bridgehead atoms. The monoisotopic (exact) mass is 544 g/mol. The van der Waals surface area contributed by atoms with Crippen molar-refractivity contribution in [1.29, 1.82) is 0 Å². The summed E-state index contributed by atoms with van der Waals surface area (Å²) in [5.41, 5.74) is 0.338. The summed E-state index contributed by atoms with van der Waals surface area (Å²) in [5.74, 6) is 1.55. The summed E-state index contributed by atoms with van der Waals surface area (Å²) in [6, 6.07) is 20.2. The van der Waals surface area contributed by atoms with E-state index >= 15 is 0 Å². The number of benzene rings is 3. The summed E-state index contributed by atoms with van der Waals surface area (Å²) < 4.78 is 11.6. The van der Waals surface area contributed by atoms with Gasteiger partial charge in [0.2, 0.25) is 0 Å². The maximum atomic E-state index is 13.2.